The summed E-state index contributed by atoms with van der Waals surface area (Å²) in [5, 5.41) is 3.63. The Labute approximate surface area is 122 Å². The van der Waals surface area contributed by atoms with E-state index in [-0.39, 0.29) is 5.97 Å². The molecule has 2 aromatic rings. The Morgan fingerprint density at radius 2 is 1.95 bits per heavy atom. The second-order valence-electron chi connectivity index (χ2n) is 4.24. The number of halogens is 1. The van der Waals surface area contributed by atoms with Crippen LogP contribution in [0.3, 0.4) is 0 Å². The number of nitrogens with one attached hydrogen (secondary N) is 1. The second kappa shape index (κ2) is 6.30. The van der Waals surface area contributed by atoms with Crippen LogP contribution in [0.1, 0.15) is 11.6 Å². The minimum absolute atomic E-state index is 0.384. The van der Waals surface area contributed by atoms with Gasteiger partial charge in [-0.15, -0.1) is 0 Å². The van der Waals surface area contributed by atoms with E-state index in [1.54, 1.807) is 18.2 Å². The van der Waals surface area contributed by atoms with Gasteiger partial charge in [0, 0.05) is 5.02 Å². The Bertz CT molecular complexity index is 602. The van der Waals surface area contributed by atoms with Crippen LogP contribution in [0, 0.1) is 0 Å². The summed E-state index contributed by atoms with van der Waals surface area (Å²) in [4.78, 5) is 11.9. The Kier molecular flexibility index (Phi) is 4.48. The van der Waals surface area contributed by atoms with Crippen molar-refractivity contribution in [1.29, 1.82) is 0 Å². The monoisotopic (exact) mass is 290 g/mol. The first-order valence-corrected chi connectivity index (χ1v) is 6.44. The standard InChI is InChI=1S/C15H15ClN2O2/c1-20-15(19)14(10-5-3-2-4-6-10)18-13-8-7-11(16)9-12(13)17/h2-9,14,18H,17H2,1H3. The Morgan fingerprint density at radius 3 is 2.55 bits per heavy atom. The molecule has 0 bridgehead atoms. The van der Waals surface area contributed by atoms with Crippen molar-refractivity contribution in [2.75, 3.05) is 18.2 Å². The van der Waals surface area contributed by atoms with Crippen molar-refractivity contribution in [3.05, 3.63) is 59.1 Å². The summed E-state index contributed by atoms with van der Waals surface area (Å²) in [6.07, 6.45) is 0. The quantitative estimate of drug-likeness (QED) is 0.670. The fourth-order valence-electron chi connectivity index (χ4n) is 1.86. The molecule has 0 fully saturated rings. The van der Waals surface area contributed by atoms with E-state index in [0.717, 1.165) is 5.56 Å². The Morgan fingerprint density at radius 1 is 1.25 bits per heavy atom. The molecule has 4 nitrogen and oxygen atoms in total. The number of nitrogens with two attached hydrogens (primary N) is 1. The smallest absolute Gasteiger partial charge is 0.332 e. The summed E-state index contributed by atoms with van der Waals surface area (Å²) < 4.78 is 4.83. The number of nitrogen functional groups attached to an aromatic ring is 1. The first kappa shape index (κ1) is 14.2. The molecule has 0 aliphatic rings. The molecule has 0 aromatic heterocycles. The maximum Gasteiger partial charge on any atom is 0.332 e. The zero-order chi connectivity index (χ0) is 14.5. The maximum absolute atomic E-state index is 11.9. The molecule has 0 saturated heterocycles. The highest BCUT2D eigenvalue weighted by molar-refractivity contribution is 6.31. The lowest BCUT2D eigenvalue weighted by Gasteiger charge is -2.19. The van der Waals surface area contributed by atoms with Gasteiger partial charge in [-0.1, -0.05) is 41.9 Å². The van der Waals surface area contributed by atoms with Crippen molar-refractivity contribution in [3.63, 3.8) is 0 Å². The number of hydrogen-bond donors (Lipinski definition) is 2. The van der Waals surface area contributed by atoms with Gasteiger partial charge in [0.15, 0.2) is 6.04 Å². The first-order valence-electron chi connectivity index (χ1n) is 6.06. The number of hydrogen-bond acceptors (Lipinski definition) is 4. The third-order valence-electron chi connectivity index (χ3n) is 2.88. The van der Waals surface area contributed by atoms with Crippen molar-refractivity contribution >= 4 is 28.9 Å². The maximum atomic E-state index is 11.9. The first-order chi connectivity index (χ1) is 9.61. The van der Waals surface area contributed by atoms with Crippen molar-refractivity contribution in [1.82, 2.24) is 0 Å². The SMILES string of the molecule is COC(=O)C(Nc1ccc(Cl)cc1N)c1ccccc1. The van der Waals surface area contributed by atoms with Crippen molar-refractivity contribution in [3.8, 4) is 0 Å². The van der Waals surface area contributed by atoms with E-state index in [1.165, 1.54) is 7.11 Å². The third-order valence-corrected chi connectivity index (χ3v) is 3.12. The molecule has 0 saturated carbocycles. The molecule has 2 aromatic carbocycles. The number of anilines is 2. The number of esters is 1. The number of benzene rings is 2. The van der Waals surface area contributed by atoms with Crippen LogP contribution >= 0.6 is 11.6 Å². The zero-order valence-electron chi connectivity index (χ0n) is 11.0. The summed E-state index contributed by atoms with van der Waals surface area (Å²) in [5.41, 5.74) is 7.80. The van der Waals surface area contributed by atoms with E-state index in [4.69, 9.17) is 22.1 Å². The van der Waals surface area contributed by atoms with Crippen LogP contribution in [0.4, 0.5) is 11.4 Å². The molecule has 0 heterocycles. The third kappa shape index (κ3) is 3.22. The second-order valence-corrected chi connectivity index (χ2v) is 4.68. The highest BCUT2D eigenvalue weighted by Crippen LogP contribution is 2.27. The molecule has 5 heteroatoms. The molecule has 0 radical (unpaired) electrons. The van der Waals surface area contributed by atoms with Crippen LogP contribution in [0.5, 0.6) is 0 Å². The summed E-state index contributed by atoms with van der Waals surface area (Å²) in [7, 11) is 1.35. The topological polar surface area (TPSA) is 64.3 Å². The van der Waals surface area contributed by atoms with Crippen LogP contribution < -0.4 is 11.1 Å². The van der Waals surface area contributed by atoms with E-state index in [0.29, 0.717) is 16.4 Å². The lowest BCUT2D eigenvalue weighted by Crippen LogP contribution is -2.22. The molecule has 1 atom stereocenters. The predicted octanol–water partition coefficient (Wildman–Crippen LogP) is 3.25. The lowest BCUT2D eigenvalue weighted by molar-refractivity contribution is -0.141. The minimum atomic E-state index is -0.621. The molecular weight excluding hydrogens is 276 g/mol. The van der Waals surface area contributed by atoms with Gasteiger partial charge in [0.2, 0.25) is 0 Å². The molecule has 20 heavy (non-hydrogen) atoms. The van der Waals surface area contributed by atoms with Gasteiger partial charge in [-0.25, -0.2) is 4.79 Å². The fraction of sp³-hybridized carbons (Fsp3) is 0.133. The lowest BCUT2D eigenvalue weighted by atomic mass is 10.1. The van der Waals surface area contributed by atoms with Crippen LogP contribution in [0.15, 0.2) is 48.5 Å². The van der Waals surface area contributed by atoms with Crippen LogP contribution in [-0.4, -0.2) is 13.1 Å². The van der Waals surface area contributed by atoms with Crippen LogP contribution in [0.25, 0.3) is 0 Å². The van der Waals surface area contributed by atoms with Gasteiger partial charge >= 0.3 is 5.97 Å². The van der Waals surface area contributed by atoms with Crippen molar-refractivity contribution in [2.24, 2.45) is 0 Å². The van der Waals surface area contributed by atoms with E-state index in [1.807, 2.05) is 30.3 Å². The molecule has 0 aliphatic heterocycles. The van der Waals surface area contributed by atoms with Crippen molar-refractivity contribution < 1.29 is 9.53 Å². The number of carbonyl (C=O) groups is 1. The molecule has 0 amide bonds. The molecule has 2 rings (SSSR count). The van der Waals surface area contributed by atoms with E-state index in [9.17, 15) is 4.79 Å². The average Bonchev–Trinajstić information content (AvgIpc) is 2.46. The number of rotatable bonds is 4. The summed E-state index contributed by atoms with van der Waals surface area (Å²) >= 11 is 5.86. The van der Waals surface area contributed by atoms with Crippen LogP contribution in [0.2, 0.25) is 5.02 Å². The van der Waals surface area contributed by atoms with Gasteiger partial charge in [0.25, 0.3) is 0 Å². The number of methoxy groups -OCH3 is 1. The summed E-state index contributed by atoms with van der Waals surface area (Å²) in [6, 6.07) is 13.7. The molecule has 1 unspecified atom stereocenters. The molecule has 3 N–H and O–H groups in total. The minimum Gasteiger partial charge on any atom is -0.467 e. The Balaban J connectivity index is 2.31. The van der Waals surface area contributed by atoms with Gasteiger partial charge in [0.1, 0.15) is 0 Å². The van der Waals surface area contributed by atoms with E-state index < -0.39 is 6.04 Å². The average molecular weight is 291 g/mol. The highest BCUT2D eigenvalue weighted by Gasteiger charge is 2.21. The summed E-state index contributed by atoms with van der Waals surface area (Å²) in [5.74, 6) is -0.384. The number of ether oxygens (including phenoxy) is 1. The van der Waals surface area contributed by atoms with E-state index >= 15 is 0 Å². The fourth-order valence-corrected chi connectivity index (χ4v) is 2.04. The Hall–Kier alpha value is -2.20. The molecular formula is C15H15ClN2O2. The number of carbonyl (C=O) groups excluding carboxylic acids is 1. The summed E-state index contributed by atoms with van der Waals surface area (Å²) in [6.45, 7) is 0. The zero-order valence-corrected chi connectivity index (χ0v) is 11.7. The predicted molar refractivity (Wildman–Crippen MR) is 80.7 cm³/mol. The molecule has 104 valence electrons. The van der Waals surface area contributed by atoms with Gasteiger partial charge in [0.05, 0.1) is 18.5 Å². The molecule has 0 aliphatic carbocycles. The van der Waals surface area contributed by atoms with Gasteiger partial charge in [-0.05, 0) is 23.8 Å². The van der Waals surface area contributed by atoms with Crippen molar-refractivity contribution in [2.45, 2.75) is 6.04 Å². The normalized spacial score (nSPS) is 11.7. The molecule has 0 spiro atoms. The van der Waals surface area contributed by atoms with Gasteiger partial charge in [-0.3, -0.25) is 0 Å². The van der Waals surface area contributed by atoms with Crippen LogP contribution in [-0.2, 0) is 9.53 Å². The largest absolute Gasteiger partial charge is 0.467 e. The highest BCUT2D eigenvalue weighted by atomic mass is 35.5. The van der Waals surface area contributed by atoms with Gasteiger partial charge in [-0.2, -0.15) is 0 Å². The van der Waals surface area contributed by atoms with E-state index in [2.05, 4.69) is 5.32 Å². The van der Waals surface area contributed by atoms with Gasteiger partial charge < -0.3 is 15.8 Å².